The largest absolute Gasteiger partial charge is 0.495 e. The molecule has 0 aliphatic carbocycles. The van der Waals surface area contributed by atoms with Crippen LogP contribution in [-0.4, -0.2) is 124 Å². The van der Waals surface area contributed by atoms with Crippen LogP contribution in [0.1, 0.15) is 146 Å². The predicted octanol–water partition coefficient (Wildman–Crippen LogP) is 9.03. The Morgan fingerprint density at radius 3 is 2.41 bits per heavy atom. The number of Topliss-reactive ketones (excluding diaryl/α,β-unsaturated/α-hetero) is 2. The number of ketones is 2. The summed E-state index contributed by atoms with van der Waals surface area (Å²) >= 11 is 8.23. The summed E-state index contributed by atoms with van der Waals surface area (Å²) in [6, 6.07) is 2.79. The van der Waals surface area contributed by atoms with E-state index in [9.17, 15) is 38.7 Å². The number of carbonyl (C=O) groups excluding carboxylic acids is 7. The molecule has 0 saturated carbocycles. The molecule has 1 aromatic rings. The molecule has 4 aliphatic heterocycles. The van der Waals surface area contributed by atoms with Crippen molar-refractivity contribution in [2.75, 3.05) is 32.6 Å². The fraction of sp³-hybridized carbons (Fsp3) is 0.679. The molecule has 392 valence electrons. The molecule has 0 spiro atoms. The lowest BCUT2D eigenvalue weighted by atomic mass is 9.77. The van der Waals surface area contributed by atoms with Crippen molar-refractivity contribution in [3.8, 4) is 5.75 Å². The number of fused-ring (bicyclic) bond motifs is 5. The summed E-state index contributed by atoms with van der Waals surface area (Å²) in [4.78, 5) is 97.5. The Hall–Kier alpha value is -4.25. The van der Waals surface area contributed by atoms with Gasteiger partial charge in [0, 0.05) is 88.1 Å². The molecule has 4 heterocycles. The number of hydrogen-bond acceptors (Lipinski definition) is 12. The van der Waals surface area contributed by atoms with Crippen molar-refractivity contribution in [1.82, 2.24) is 15.1 Å². The van der Waals surface area contributed by atoms with Gasteiger partial charge in [0.15, 0.2) is 5.78 Å². The first-order valence-electron chi connectivity index (χ1n) is 24.0. The third kappa shape index (κ3) is 14.5. The van der Waals surface area contributed by atoms with E-state index in [1.54, 1.807) is 21.0 Å². The van der Waals surface area contributed by atoms with Crippen LogP contribution in [-0.2, 0) is 44.7 Å². The maximum atomic E-state index is 14.4. The number of nitrogens with zero attached hydrogens (tertiary/aromatic N) is 3. The maximum Gasteiger partial charge on any atom is 0.409 e. The zero-order valence-corrected chi connectivity index (χ0v) is 43.4. The topological polar surface area (TPSA) is 192 Å². The summed E-state index contributed by atoms with van der Waals surface area (Å²) in [6.07, 6.45) is 7.52. The fourth-order valence-corrected chi connectivity index (χ4v) is 11.3. The van der Waals surface area contributed by atoms with Crippen LogP contribution < -0.4 is 15.0 Å². The Bertz CT molecular complexity index is 2160. The van der Waals surface area contributed by atoms with Gasteiger partial charge in [-0.05, 0) is 64.2 Å². The van der Waals surface area contributed by atoms with Crippen molar-refractivity contribution in [3.63, 3.8) is 0 Å². The molecule has 5 amide bonds. The molecule has 0 aromatic heterocycles. The molecule has 4 bridgehead atoms. The zero-order valence-electron chi connectivity index (χ0n) is 41.8. The number of hydrogen-bond donors (Lipinski definition) is 2. The van der Waals surface area contributed by atoms with Gasteiger partial charge < -0.3 is 29.1 Å². The van der Waals surface area contributed by atoms with Gasteiger partial charge in [0.25, 0.3) is 0 Å². The van der Waals surface area contributed by atoms with E-state index in [1.807, 2.05) is 78.8 Å². The number of anilines is 1. The van der Waals surface area contributed by atoms with Crippen molar-refractivity contribution in [2.24, 2.45) is 17.8 Å². The van der Waals surface area contributed by atoms with E-state index in [4.69, 9.17) is 25.8 Å². The minimum absolute atomic E-state index is 0. The maximum absolute atomic E-state index is 14.4. The van der Waals surface area contributed by atoms with E-state index >= 15 is 0 Å². The van der Waals surface area contributed by atoms with Crippen molar-refractivity contribution in [1.29, 1.82) is 0 Å². The van der Waals surface area contributed by atoms with Crippen molar-refractivity contribution >= 4 is 70.3 Å². The summed E-state index contributed by atoms with van der Waals surface area (Å²) in [5.41, 5.74) is -0.421. The second kappa shape index (κ2) is 24.9. The van der Waals surface area contributed by atoms with Gasteiger partial charge in [-0.15, -0.1) is 11.8 Å². The number of alkyl carbamates (subject to hydrolysis) is 1. The third-order valence-electron chi connectivity index (χ3n) is 14.5. The molecular weight excluding hydrogens is 936 g/mol. The number of rotatable bonds is 17. The highest BCUT2D eigenvalue weighted by molar-refractivity contribution is 8.02. The molecule has 2 N–H and O–H groups in total. The first-order valence-corrected chi connectivity index (χ1v) is 25.3. The normalized spacial score (nSPS) is 28.7. The Morgan fingerprint density at radius 1 is 1.07 bits per heavy atom. The van der Waals surface area contributed by atoms with Gasteiger partial charge in [-0.1, -0.05) is 91.3 Å². The highest BCUT2D eigenvalue weighted by Crippen LogP contribution is 2.52. The molecule has 5 rings (SSSR count). The molecule has 9 atom stereocenters. The summed E-state index contributed by atoms with van der Waals surface area (Å²) in [5, 5.41) is 14.1. The molecular formula is C53H81ClN4O11S. The molecule has 3 fully saturated rings. The SMILES string of the molecule is C.C.CCC(=O)CCCCCN1C(=O)CC(SC(C)(C)CCC(=O)N(C)[C@@H](C)C(=O)C[C@H]2CC(=O)N(C)c3cc(cc(OC)c3Cl)C/C(C)=C/C=C/[C@@H](C)[C@@]3(O)C[C@H](OC(=O)N3)[C@@H](C)[C@@H]3O[C@@]23C)C1=O. The number of allylic oxidation sites excluding steroid dienone is 3. The number of amides is 5. The van der Waals surface area contributed by atoms with Gasteiger partial charge in [-0.2, -0.15) is 0 Å². The number of halogens is 1. The van der Waals surface area contributed by atoms with Crippen molar-refractivity contribution < 1.29 is 52.9 Å². The Kier molecular flexibility index (Phi) is 21.4. The Morgan fingerprint density at radius 2 is 1.76 bits per heavy atom. The third-order valence-corrected chi connectivity index (χ3v) is 16.4. The lowest BCUT2D eigenvalue weighted by Crippen LogP contribution is -2.60. The number of thioether (sulfide) groups is 1. The fourth-order valence-electron chi connectivity index (χ4n) is 9.55. The summed E-state index contributed by atoms with van der Waals surface area (Å²) < 4.78 is 17.3. The first-order chi connectivity index (χ1) is 31.8. The summed E-state index contributed by atoms with van der Waals surface area (Å²) in [5.74, 6) is -2.38. The van der Waals surface area contributed by atoms with Crippen LogP contribution in [0.2, 0.25) is 5.02 Å². The number of methoxy groups -OCH3 is 1. The van der Waals surface area contributed by atoms with Gasteiger partial charge in [0.05, 0.1) is 35.8 Å². The van der Waals surface area contributed by atoms with Crippen LogP contribution in [0.25, 0.3) is 0 Å². The van der Waals surface area contributed by atoms with Gasteiger partial charge in [0.1, 0.15) is 28.4 Å². The number of ether oxygens (including phenoxy) is 3. The standard InChI is InChI=1S/C51H73ClN4O11S.2CH4/c1-12-36(57)19-14-13-15-22-56-44(61)28-41(47(56)62)68-49(6,7)21-20-42(59)54(9)33(5)38(58)26-35-27-43(60)55(10)37-24-34(25-39(65-11)45(37)52)23-30(2)17-16-18-31(3)51(64)29-40(66-48(63)53-51)32(4)46-50(35,8)67-46;;/h16-18,24-25,31-33,35,40-41,46,64H,12-15,19-23,26-29H2,1-11H3,(H,53,63);2*1H4/b18-16+,30-17+;;/t31-,32-,33+,35+,40+,41?,46+,50+,51+;;/m1../s1. The van der Waals surface area contributed by atoms with Crippen LogP contribution in [0.3, 0.4) is 0 Å². The number of carbonyl (C=O) groups is 7. The molecule has 3 saturated heterocycles. The number of likely N-dealkylation sites (N-methyl/N-ethyl adjacent to an activating group) is 1. The lowest BCUT2D eigenvalue weighted by Gasteiger charge is -2.41. The van der Waals surface area contributed by atoms with E-state index in [-0.39, 0.29) is 87.2 Å². The van der Waals surface area contributed by atoms with Gasteiger partial charge >= 0.3 is 6.09 Å². The molecule has 70 heavy (non-hydrogen) atoms. The average molecular weight is 1020 g/mol. The van der Waals surface area contributed by atoms with Crippen molar-refractivity contribution in [3.05, 3.63) is 46.5 Å². The van der Waals surface area contributed by atoms with Crippen LogP contribution in [0.15, 0.2) is 35.9 Å². The van der Waals surface area contributed by atoms with Crippen LogP contribution in [0.4, 0.5) is 10.5 Å². The van der Waals surface area contributed by atoms with E-state index in [0.717, 1.165) is 24.0 Å². The highest BCUT2D eigenvalue weighted by atomic mass is 35.5. The molecule has 4 aliphatic rings. The number of epoxide rings is 1. The summed E-state index contributed by atoms with van der Waals surface area (Å²) in [6.45, 7) is 15.2. The number of benzene rings is 1. The monoisotopic (exact) mass is 1020 g/mol. The Labute approximate surface area is 426 Å². The second-order valence-corrected chi connectivity index (χ2v) is 22.4. The van der Waals surface area contributed by atoms with Crippen LogP contribution in [0, 0.1) is 17.8 Å². The number of aliphatic hydroxyl groups is 1. The average Bonchev–Trinajstić information content (AvgIpc) is 3.91. The van der Waals surface area contributed by atoms with Crippen molar-refractivity contribution in [2.45, 2.75) is 187 Å². The number of nitrogens with one attached hydrogen (secondary N) is 1. The van der Waals surface area contributed by atoms with E-state index in [0.29, 0.717) is 50.1 Å². The lowest BCUT2D eigenvalue weighted by molar-refractivity contribution is -0.138. The predicted molar refractivity (Wildman–Crippen MR) is 276 cm³/mol. The molecule has 17 heteroatoms. The molecule has 0 radical (unpaired) electrons. The highest BCUT2D eigenvalue weighted by Gasteiger charge is 2.63. The van der Waals surface area contributed by atoms with Crippen LogP contribution in [0.5, 0.6) is 5.75 Å². The molecule has 1 aromatic carbocycles. The zero-order chi connectivity index (χ0) is 50.5. The smallest absolute Gasteiger partial charge is 0.409 e. The minimum atomic E-state index is -1.63. The number of unbranched alkanes of at least 4 members (excludes halogenated alkanes) is 2. The van der Waals surface area contributed by atoms with E-state index in [2.05, 4.69) is 5.32 Å². The van der Waals surface area contributed by atoms with Gasteiger partial charge in [0.2, 0.25) is 23.6 Å². The van der Waals surface area contributed by atoms with E-state index in [1.165, 1.54) is 33.6 Å². The minimum Gasteiger partial charge on any atom is -0.495 e. The number of imide groups is 1. The first kappa shape index (κ1) is 60.1. The molecule has 15 nitrogen and oxygen atoms in total. The van der Waals surface area contributed by atoms with Gasteiger partial charge in [-0.25, -0.2) is 4.79 Å². The Balaban J connectivity index is 0.00000648. The van der Waals surface area contributed by atoms with E-state index < -0.39 is 63.4 Å². The quantitative estimate of drug-likeness (QED) is 0.0856. The van der Waals surface area contributed by atoms with Crippen LogP contribution >= 0.6 is 23.4 Å². The second-order valence-electron chi connectivity index (χ2n) is 20.1. The molecule has 1 unspecified atom stereocenters. The summed E-state index contributed by atoms with van der Waals surface area (Å²) in [7, 11) is 4.71. The van der Waals surface area contributed by atoms with Gasteiger partial charge in [-0.3, -0.25) is 39.0 Å². The number of likely N-dealkylation sites (tertiary alicyclic amines) is 1.